The Balaban J connectivity index is 1.56. The van der Waals surface area contributed by atoms with Crippen LogP contribution in [0.3, 0.4) is 0 Å². The molecule has 1 atom stereocenters. The van der Waals surface area contributed by atoms with E-state index in [1.54, 1.807) is 6.07 Å². The number of nitrogens with two attached hydrogens (primary N) is 1. The molecule has 34 heavy (non-hydrogen) atoms. The summed E-state index contributed by atoms with van der Waals surface area (Å²) in [4.78, 5) is 13.3. The Bertz CT molecular complexity index is 999. The first-order valence-corrected chi connectivity index (χ1v) is 12.1. The average Bonchev–Trinajstić information content (AvgIpc) is 3.53. The smallest absolute Gasteiger partial charge is 0.255 e. The highest BCUT2D eigenvalue weighted by molar-refractivity contribution is 5.99. The fraction of sp³-hybridized carbons (Fsp3) is 0.519. The fourth-order valence-electron chi connectivity index (χ4n) is 5.34. The van der Waals surface area contributed by atoms with E-state index in [4.69, 9.17) is 24.7 Å². The van der Waals surface area contributed by atoms with Crippen LogP contribution in [-0.4, -0.2) is 40.3 Å². The summed E-state index contributed by atoms with van der Waals surface area (Å²) in [5.41, 5.74) is 7.58. The lowest BCUT2D eigenvalue weighted by Crippen LogP contribution is -2.28. The molecule has 0 aromatic heterocycles. The van der Waals surface area contributed by atoms with Gasteiger partial charge in [-0.15, -0.1) is 0 Å². The van der Waals surface area contributed by atoms with Crippen molar-refractivity contribution in [2.45, 2.75) is 44.9 Å². The van der Waals surface area contributed by atoms with Gasteiger partial charge in [0.05, 0.1) is 26.9 Å². The second-order valence-electron chi connectivity index (χ2n) is 9.34. The minimum atomic E-state index is -0.209. The molecule has 0 saturated heterocycles. The molecule has 4 rings (SSSR count). The minimum absolute atomic E-state index is 0.209. The van der Waals surface area contributed by atoms with E-state index in [2.05, 4.69) is 5.32 Å². The summed E-state index contributed by atoms with van der Waals surface area (Å²) in [7, 11) is 4.57. The molecule has 3 N–H and O–H groups in total. The standard InChI is InChI=1S/C27H36N2O5/c1-31-23-21(26(30)29-17-19-16-27(19)12-5-4-6-13-27)15-22(24(32-2)25(23)33-3)34-20-9-7-18(8-10-20)11-14-28/h7-10,15,19H,4-6,11-14,16-17,28H2,1-3H3,(H,29,30). The predicted molar refractivity (Wildman–Crippen MR) is 131 cm³/mol. The average molecular weight is 469 g/mol. The van der Waals surface area contributed by atoms with Crippen LogP contribution >= 0.6 is 0 Å². The van der Waals surface area contributed by atoms with Gasteiger partial charge < -0.3 is 30.0 Å². The van der Waals surface area contributed by atoms with E-state index in [0.29, 0.717) is 58.7 Å². The zero-order valence-electron chi connectivity index (χ0n) is 20.4. The highest BCUT2D eigenvalue weighted by atomic mass is 16.5. The number of ether oxygens (including phenoxy) is 4. The molecule has 2 aromatic rings. The summed E-state index contributed by atoms with van der Waals surface area (Å²) >= 11 is 0. The number of amides is 1. The number of hydrogen-bond acceptors (Lipinski definition) is 6. The maximum atomic E-state index is 13.3. The van der Waals surface area contributed by atoms with Gasteiger partial charge in [-0.2, -0.15) is 0 Å². The maximum absolute atomic E-state index is 13.3. The van der Waals surface area contributed by atoms with E-state index in [1.165, 1.54) is 59.9 Å². The van der Waals surface area contributed by atoms with Gasteiger partial charge in [-0.1, -0.05) is 31.4 Å². The molecule has 2 aliphatic rings. The van der Waals surface area contributed by atoms with Crippen LogP contribution < -0.4 is 30.0 Å². The normalized spacial score (nSPS) is 18.3. The molecule has 2 aromatic carbocycles. The first kappa shape index (κ1) is 24.2. The van der Waals surface area contributed by atoms with Crippen LogP contribution in [0.1, 0.15) is 54.4 Å². The highest BCUT2D eigenvalue weighted by Crippen LogP contribution is 2.61. The first-order valence-electron chi connectivity index (χ1n) is 12.1. The summed E-state index contributed by atoms with van der Waals surface area (Å²) < 4.78 is 22.9. The number of rotatable bonds is 10. The Labute approximate surface area is 201 Å². The largest absolute Gasteiger partial charge is 0.492 e. The number of hydrogen-bond donors (Lipinski definition) is 2. The number of methoxy groups -OCH3 is 3. The predicted octanol–water partition coefficient (Wildman–Crippen LogP) is 4.71. The van der Waals surface area contributed by atoms with Crippen molar-refractivity contribution in [2.75, 3.05) is 34.4 Å². The van der Waals surface area contributed by atoms with Gasteiger partial charge in [0.1, 0.15) is 5.75 Å². The van der Waals surface area contributed by atoms with Gasteiger partial charge >= 0.3 is 0 Å². The van der Waals surface area contributed by atoms with E-state index in [0.717, 1.165) is 12.0 Å². The second kappa shape index (κ2) is 10.6. The second-order valence-corrected chi connectivity index (χ2v) is 9.34. The van der Waals surface area contributed by atoms with Crippen LogP contribution in [-0.2, 0) is 6.42 Å². The van der Waals surface area contributed by atoms with Crippen molar-refractivity contribution in [1.29, 1.82) is 0 Å². The highest BCUT2D eigenvalue weighted by Gasteiger charge is 2.53. The molecule has 0 heterocycles. The molecule has 1 amide bonds. The Kier molecular flexibility index (Phi) is 7.51. The Hall–Kier alpha value is -2.93. The molecule has 1 unspecified atom stereocenters. The molecule has 1 spiro atoms. The van der Waals surface area contributed by atoms with Gasteiger partial charge in [0.2, 0.25) is 11.5 Å². The third-order valence-corrected chi connectivity index (χ3v) is 7.31. The fourth-order valence-corrected chi connectivity index (χ4v) is 5.34. The zero-order valence-corrected chi connectivity index (χ0v) is 20.4. The van der Waals surface area contributed by atoms with Crippen molar-refractivity contribution in [3.8, 4) is 28.7 Å². The Morgan fingerprint density at radius 1 is 1.00 bits per heavy atom. The van der Waals surface area contributed by atoms with Gasteiger partial charge in [-0.3, -0.25) is 4.79 Å². The van der Waals surface area contributed by atoms with E-state index in [9.17, 15) is 4.79 Å². The lowest BCUT2D eigenvalue weighted by atomic mass is 9.84. The van der Waals surface area contributed by atoms with Crippen LogP contribution in [0.4, 0.5) is 0 Å². The first-order chi connectivity index (χ1) is 16.5. The van der Waals surface area contributed by atoms with Gasteiger partial charge in [0.15, 0.2) is 11.5 Å². The van der Waals surface area contributed by atoms with Crippen LogP contribution in [0.25, 0.3) is 0 Å². The van der Waals surface area contributed by atoms with E-state index >= 15 is 0 Å². The summed E-state index contributed by atoms with van der Waals surface area (Å²) in [5, 5.41) is 3.13. The molecule has 0 bridgehead atoms. The number of carbonyl (C=O) groups excluding carboxylic acids is 1. The van der Waals surface area contributed by atoms with Gasteiger partial charge in [0.25, 0.3) is 5.91 Å². The zero-order chi connectivity index (χ0) is 24.1. The van der Waals surface area contributed by atoms with E-state index in [-0.39, 0.29) is 5.91 Å². The van der Waals surface area contributed by atoms with Crippen LogP contribution in [0.15, 0.2) is 30.3 Å². The maximum Gasteiger partial charge on any atom is 0.255 e. The number of carbonyl (C=O) groups is 1. The number of benzene rings is 2. The molecule has 184 valence electrons. The number of nitrogens with one attached hydrogen (secondary N) is 1. The van der Waals surface area contributed by atoms with Crippen molar-refractivity contribution in [2.24, 2.45) is 17.1 Å². The summed E-state index contributed by atoms with van der Waals surface area (Å²) in [6.45, 7) is 1.26. The molecular formula is C27H36N2O5. The summed E-state index contributed by atoms with van der Waals surface area (Å²) in [6.07, 6.45) is 8.54. The monoisotopic (exact) mass is 468 g/mol. The Morgan fingerprint density at radius 2 is 1.68 bits per heavy atom. The van der Waals surface area contributed by atoms with Gasteiger partial charge in [-0.25, -0.2) is 0 Å². The van der Waals surface area contributed by atoms with Crippen LogP contribution in [0.5, 0.6) is 28.7 Å². The van der Waals surface area contributed by atoms with Crippen molar-refractivity contribution < 1.29 is 23.7 Å². The van der Waals surface area contributed by atoms with E-state index in [1.807, 2.05) is 24.3 Å². The quantitative estimate of drug-likeness (QED) is 0.525. The Morgan fingerprint density at radius 3 is 2.29 bits per heavy atom. The van der Waals surface area contributed by atoms with Gasteiger partial charge in [0, 0.05) is 12.6 Å². The van der Waals surface area contributed by atoms with Crippen molar-refractivity contribution in [1.82, 2.24) is 5.32 Å². The lowest BCUT2D eigenvalue weighted by molar-refractivity contribution is 0.0945. The molecule has 7 heteroatoms. The lowest BCUT2D eigenvalue weighted by Gasteiger charge is -2.23. The van der Waals surface area contributed by atoms with Crippen LogP contribution in [0.2, 0.25) is 0 Å². The van der Waals surface area contributed by atoms with E-state index < -0.39 is 0 Å². The molecular weight excluding hydrogens is 432 g/mol. The molecule has 2 saturated carbocycles. The molecule has 2 aliphatic carbocycles. The van der Waals surface area contributed by atoms with Crippen LogP contribution in [0, 0.1) is 11.3 Å². The summed E-state index contributed by atoms with van der Waals surface area (Å²) in [6, 6.07) is 9.35. The van der Waals surface area contributed by atoms with Gasteiger partial charge in [-0.05, 0) is 61.3 Å². The van der Waals surface area contributed by atoms with Crippen molar-refractivity contribution >= 4 is 5.91 Å². The van der Waals surface area contributed by atoms with Crippen molar-refractivity contribution in [3.63, 3.8) is 0 Å². The molecule has 0 radical (unpaired) electrons. The topological polar surface area (TPSA) is 92.0 Å². The molecule has 2 fully saturated rings. The minimum Gasteiger partial charge on any atom is -0.492 e. The molecule has 7 nitrogen and oxygen atoms in total. The van der Waals surface area contributed by atoms with Crippen molar-refractivity contribution in [3.05, 3.63) is 41.5 Å². The summed E-state index contributed by atoms with van der Waals surface area (Å²) in [5.74, 6) is 2.37. The third-order valence-electron chi connectivity index (χ3n) is 7.31. The molecule has 0 aliphatic heterocycles. The SMILES string of the molecule is COc1c(Oc2ccc(CCN)cc2)cc(C(=O)NCC2CC23CCCCC3)c(OC)c1OC. The third kappa shape index (κ3) is 4.94.